The van der Waals surface area contributed by atoms with E-state index < -0.39 is 0 Å². The molecule has 3 nitrogen and oxygen atoms in total. The minimum Gasteiger partial charge on any atom is -0.298 e. The van der Waals surface area contributed by atoms with Crippen molar-refractivity contribution >= 4 is 15.9 Å². The monoisotopic (exact) mass is 272 g/mol. The van der Waals surface area contributed by atoms with Gasteiger partial charge in [-0.15, -0.1) is 0 Å². The average molecular weight is 273 g/mol. The maximum Gasteiger partial charge on any atom is 0.281 e. The van der Waals surface area contributed by atoms with Crippen LogP contribution in [0.4, 0.5) is 0 Å². The Hall–Kier alpha value is -0.510. The molecule has 1 saturated carbocycles. The van der Waals surface area contributed by atoms with Gasteiger partial charge in [0.1, 0.15) is 4.47 Å². The second-order valence-electron chi connectivity index (χ2n) is 4.75. The molecule has 0 amide bonds. The molecule has 1 N–H and O–H groups in total. The summed E-state index contributed by atoms with van der Waals surface area (Å²) in [5, 5.41) is 3.23. The van der Waals surface area contributed by atoms with E-state index >= 15 is 0 Å². The van der Waals surface area contributed by atoms with E-state index in [1.807, 2.05) is 0 Å². The Morgan fingerprint density at radius 1 is 1.40 bits per heavy atom. The number of H-pyrrole nitrogens is 1. The smallest absolute Gasteiger partial charge is 0.281 e. The summed E-state index contributed by atoms with van der Waals surface area (Å²) in [5.41, 5.74) is 1.09. The van der Waals surface area contributed by atoms with Crippen molar-refractivity contribution in [2.24, 2.45) is 5.92 Å². The molecular weight excluding hydrogens is 256 g/mol. The molecule has 84 valence electrons. The largest absolute Gasteiger partial charge is 0.298 e. The number of rotatable bonds is 3. The maximum absolute atomic E-state index is 12.0. The number of halogens is 1. The quantitative estimate of drug-likeness (QED) is 0.903. The van der Waals surface area contributed by atoms with Gasteiger partial charge in [-0.05, 0) is 47.5 Å². The zero-order valence-corrected chi connectivity index (χ0v) is 11.0. The fourth-order valence-corrected chi connectivity index (χ4v) is 2.65. The van der Waals surface area contributed by atoms with Crippen molar-refractivity contribution in [3.63, 3.8) is 0 Å². The third kappa shape index (κ3) is 1.92. The fourth-order valence-electron chi connectivity index (χ4n) is 1.91. The number of hydrogen-bond donors (Lipinski definition) is 1. The molecule has 1 aromatic heterocycles. The number of nitrogens with one attached hydrogen (secondary N) is 1. The second-order valence-corrected chi connectivity index (χ2v) is 5.54. The maximum atomic E-state index is 12.0. The van der Waals surface area contributed by atoms with Crippen LogP contribution in [-0.2, 0) is 0 Å². The van der Waals surface area contributed by atoms with Gasteiger partial charge in [0.25, 0.3) is 5.56 Å². The first-order valence-corrected chi connectivity index (χ1v) is 6.31. The van der Waals surface area contributed by atoms with E-state index in [9.17, 15) is 4.79 Å². The van der Waals surface area contributed by atoms with Crippen LogP contribution in [0.1, 0.15) is 51.3 Å². The van der Waals surface area contributed by atoms with Crippen molar-refractivity contribution in [3.8, 4) is 0 Å². The van der Waals surface area contributed by atoms with Crippen LogP contribution in [0.5, 0.6) is 0 Å². The third-order valence-electron chi connectivity index (χ3n) is 3.17. The molecule has 0 radical (unpaired) electrons. The summed E-state index contributed by atoms with van der Waals surface area (Å²) in [6.45, 7) is 6.29. The molecule has 0 spiro atoms. The van der Waals surface area contributed by atoms with Crippen LogP contribution in [0.15, 0.2) is 9.27 Å². The van der Waals surface area contributed by atoms with Crippen molar-refractivity contribution in [1.82, 2.24) is 9.78 Å². The highest BCUT2D eigenvalue weighted by molar-refractivity contribution is 9.10. The van der Waals surface area contributed by atoms with Gasteiger partial charge < -0.3 is 0 Å². The summed E-state index contributed by atoms with van der Waals surface area (Å²) in [5.74, 6) is 1.04. The molecular formula is C11H17BrN2O. The van der Waals surface area contributed by atoms with E-state index in [2.05, 4.69) is 41.8 Å². The Kier molecular flexibility index (Phi) is 2.79. The minimum atomic E-state index is 0.0816. The van der Waals surface area contributed by atoms with Gasteiger partial charge in [-0.3, -0.25) is 9.89 Å². The SMILES string of the molecule is CC(C)c1[nH]n(C(C)C2CC2)c(=O)c1Br. The van der Waals surface area contributed by atoms with Gasteiger partial charge in [0.15, 0.2) is 0 Å². The molecule has 1 heterocycles. The highest BCUT2D eigenvalue weighted by Crippen LogP contribution is 2.39. The van der Waals surface area contributed by atoms with E-state index in [1.54, 1.807) is 4.68 Å². The van der Waals surface area contributed by atoms with Gasteiger partial charge in [-0.25, -0.2) is 4.68 Å². The van der Waals surface area contributed by atoms with Gasteiger partial charge in [0.05, 0.1) is 11.7 Å². The van der Waals surface area contributed by atoms with Crippen molar-refractivity contribution < 1.29 is 0 Å². The predicted molar refractivity (Wildman–Crippen MR) is 64.3 cm³/mol. The predicted octanol–water partition coefficient (Wildman–Crippen LogP) is 3.03. The second kappa shape index (κ2) is 3.81. The molecule has 2 rings (SSSR count). The summed E-state index contributed by atoms with van der Waals surface area (Å²) in [4.78, 5) is 12.0. The highest BCUT2D eigenvalue weighted by atomic mass is 79.9. The highest BCUT2D eigenvalue weighted by Gasteiger charge is 2.31. The number of aromatic nitrogens is 2. The molecule has 1 aromatic rings. The summed E-state index contributed by atoms with van der Waals surface area (Å²) in [6, 6.07) is 0.307. The molecule has 1 aliphatic carbocycles. The normalized spacial score (nSPS) is 18.5. The van der Waals surface area contributed by atoms with Gasteiger partial charge in [0, 0.05) is 0 Å². The van der Waals surface area contributed by atoms with Crippen LogP contribution in [0.3, 0.4) is 0 Å². The molecule has 15 heavy (non-hydrogen) atoms. The topological polar surface area (TPSA) is 37.8 Å². The first-order chi connectivity index (χ1) is 7.02. The lowest BCUT2D eigenvalue weighted by molar-refractivity contribution is 0.424. The number of aromatic amines is 1. The first kappa shape index (κ1) is 11.0. The lowest BCUT2D eigenvalue weighted by Crippen LogP contribution is -2.22. The lowest BCUT2D eigenvalue weighted by atomic mass is 10.1. The Morgan fingerprint density at radius 3 is 2.40 bits per heavy atom. The Labute approximate surface area is 98.0 Å². The first-order valence-electron chi connectivity index (χ1n) is 5.52. The standard InChI is InChI=1S/C11H17BrN2O/c1-6(2)10-9(12)11(15)14(13-10)7(3)8-4-5-8/h6-8,13H,4-5H2,1-3H3. The van der Waals surface area contributed by atoms with Crippen LogP contribution in [-0.4, -0.2) is 9.78 Å². The minimum absolute atomic E-state index is 0.0816. The summed E-state index contributed by atoms with van der Waals surface area (Å²) in [6.07, 6.45) is 2.50. The van der Waals surface area contributed by atoms with Crippen LogP contribution < -0.4 is 5.56 Å². The van der Waals surface area contributed by atoms with Crippen LogP contribution in [0.2, 0.25) is 0 Å². The number of hydrogen-bond acceptors (Lipinski definition) is 1. The lowest BCUT2D eigenvalue weighted by Gasteiger charge is -2.11. The molecule has 0 aliphatic heterocycles. The molecule has 0 bridgehead atoms. The van der Waals surface area contributed by atoms with Crippen molar-refractivity contribution in [3.05, 3.63) is 20.5 Å². The Bertz CT molecular complexity index is 415. The molecule has 1 atom stereocenters. The van der Waals surface area contributed by atoms with Gasteiger partial charge in [0.2, 0.25) is 0 Å². The molecule has 1 aliphatic rings. The van der Waals surface area contributed by atoms with Crippen LogP contribution >= 0.6 is 15.9 Å². The zero-order valence-electron chi connectivity index (χ0n) is 9.38. The molecule has 1 unspecified atom stereocenters. The van der Waals surface area contributed by atoms with Crippen molar-refractivity contribution in [2.75, 3.05) is 0 Å². The molecule has 4 heteroatoms. The van der Waals surface area contributed by atoms with Crippen molar-refractivity contribution in [1.29, 1.82) is 0 Å². The average Bonchev–Trinajstić information content (AvgIpc) is 2.95. The summed E-state index contributed by atoms with van der Waals surface area (Å²) >= 11 is 3.37. The summed E-state index contributed by atoms with van der Waals surface area (Å²) in [7, 11) is 0. The summed E-state index contributed by atoms with van der Waals surface area (Å²) < 4.78 is 2.47. The molecule has 0 aromatic carbocycles. The molecule has 0 saturated heterocycles. The number of nitrogens with zero attached hydrogens (tertiary/aromatic N) is 1. The van der Waals surface area contributed by atoms with E-state index in [0.29, 0.717) is 22.4 Å². The Morgan fingerprint density at radius 2 is 2.00 bits per heavy atom. The van der Waals surface area contributed by atoms with Crippen LogP contribution in [0.25, 0.3) is 0 Å². The van der Waals surface area contributed by atoms with Gasteiger partial charge in [-0.1, -0.05) is 13.8 Å². The fraction of sp³-hybridized carbons (Fsp3) is 0.727. The van der Waals surface area contributed by atoms with Gasteiger partial charge >= 0.3 is 0 Å². The van der Waals surface area contributed by atoms with E-state index in [-0.39, 0.29) is 5.56 Å². The Balaban J connectivity index is 2.39. The van der Waals surface area contributed by atoms with E-state index in [0.717, 1.165) is 5.69 Å². The molecule has 1 fully saturated rings. The van der Waals surface area contributed by atoms with Crippen LogP contribution in [0, 0.1) is 5.92 Å². The zero-order chi connectivity index (χ0) is 11.2. The van der Waals surface area contributed by atoms with Crippen molar-refractivity contribution in [2.45, 2.75) is 45.6 Å². The third-order valence-corrected chi connectivity index (χ3v) is 3.94. The van der Waals surface area contributed by atoms with Gasteiger partial charge in [-0.2, -0.15) is 0 Å². The van der Waals surface area contributed by atoms with E-state index in [4.69, 9.17) is 0 Å². The van der Waals surface area contributed by atoms with E-state index in [1.165, 1.54) is 12.8 Å².